The Morgan fingerprint density at radius 1 is 1.03 bits per heavy atom. The third kappa shape index (κ3) is 7.09. The number of ether oxygens (including phenoxy) is 1. The number of amides is 1. The third-order valence-corrected chi connectivity index (χ3v) is 7.91. The minimum atomic E-state index is -0.265. The lowest BCUT2D eigenvalue weighted by atomic mass is 10.1. The molecule has 4 aromatic rings. The van der Waals surface area contributed by atoms with E-state index in [1.54, 1.807) is 7.11 Å². The first-order valence-electron chi connectivity index (χ1n) is 11.8. The quantitative estimate of drug-likeness (QED) is 0.148. The van der Waals surface area contributed by atoms with Gasteiger partial charge in [0.15, 0.2) is 10.2 Å². The van der Waals surface area contributed by atoms with E-state index < -0.39 is 0 Å². The zero-order valence-electron chi connectivity index (χ0n) is 20.8. The summed E-state index contributed by atoms with van der Waals surface area (Å²) in [6.45, 7) is 4.03. The van der Waals surface area contributed by atoms with Gasteiger partial charge in [-0.15, -0.1) is 23.1 Å². The molecule has 0 fully saturated rings. The molecule has 6 nitrogen and oxygen atoms in total. The number of thiocarbonyl (C=S) groups is 1. The topological polar surface area (TPSA) is 75.3 Å². The fourth-order valence-corrected chi connectivity index (χ4v) is 5.75. The maximum absolute atomic E-state index is 13.1. The van der Waals surface area contributed by atoms with Gasteiger partial charge in [-0.25, -0.2) is 4.98 Å². The van der Waals surface area contributed by atoms with E-state index in [0.29, 0.717) is 22.4 Å². The largest absolute Gasteiger partial charge is 0.495 e. The Hall–Kier alpha value is -3.40. The van der Waals surface area contributed by atoms with E-state index in [1.165, 1.54) is 23.1 Å². The summed E-state index contributed by atoms with van der Waals surface area (Å²) in [7, 11) is 1.62. The number of aryl methyl sites for hydroxylation is 1. The second-order valence-corrected chi connectivity index (χ2v) is 11.0. The Morgan fingerprint density at radius 2 is 1.78 bits per heavy atom. The van der Waals surface area contributed by atoms with Gasteiger partial charge < -0.3 is 20.7 Å². The summed E-state index contributed by atoms with van der Waals surface area (Å²) in [6, 6.07) is 25.4. The summed E-state index contributed by atoms with van der Waals surface area (Å²) >= 11 is 8.49. The number of hydrogen-bond donors (Lipinski definition) is 3. The molecule has 0 aliphatic heterocycles. The van der Waals surface area contributed by atoms with Crippen LogP contribution in [0.25, 0.3) is 11.3 Å². The van der Waals surface area contributed by atoms with E-state index in [4.69, 9.17) is 17.0 Å². The Bertz CT molecular complexity index is 1370. The van der Waals surface area contributed by atoms with Gasteiger partial charge in [0.1, 0.15) is 5.75 Å². The van der Waals surface area contributed by atoms with Gasteiger partial charge in [0.25, 0.3) is 0 Å². The molecular weight excluding hydrogens is 521 g/mol. The molecule has 0 saturated heterocycles. The van der Waals surface area contributed by atoms with Gasteiger partial charge in [0, 0.05) is 21.0 Å². The molecule has 1 heterocycles. The van der Waals surface area contributed by atoms with Gasteiger partial charge in [-0.05, 0) is 55.9 Å². The Kier molecular flexibility index (Phi) is 9.16. The molecule has 0 saturated carbocycles. The van der Waals surface area contributed by atoms with Crippen LogP contribution in [0.2, 0.25) is 0 Å². The molecule has 1 aromatic heterocycles. The lowest BCUT2D eigenvalue weighted by molar-refractivity contribution is -0.115. The van der Waals surface area contributed by atoms with Crippen LogP contribution in [-0.2, 0) is 4.79 Å². The number of carbonyl (C=O) groups is 1. The molecule has 0 aliphatic carbocycles. The first-order chi connectivity index (χ1) is 18.0. The molecule has 0 aliphatic rings. The number of nitrogens with zero attached hydrogens (tertiary/aromatic N) is 1. The number of para-hydroxylation sites is 2. The van der Waals surface area contributed by atoms with Crippen molar-refractivity contribution in [3.05, 3.63) is 83.7 Å². The molecule has 1 amide bonds. The van der Waals surface area contributed by atoms with Gasteiger partial charge in [-0.2, -0.15) is 0 Å². The van der Waals surface area contributed by atoms with Crippen molar-refractivity contribution in [3.8, 4) is 17.0 Å². The first kappa shape index (κ1) is 26.7. The second-order valence-electron chi connectivity index (χ2n) is 8.10. The summed E-state index contributed by atoms with van der Waals surface area (Å²) in [5.74, 6) is 0.645. The average molecular weight is 549 g/mol. The fraction of sp³-hybridized carbons (Fsp3) is 0.179. The molecule has 1 atom stereocenters. The Morgan fingerprint density at radius 3 is 2.54 bits per heavy atom. The predicted octanol–water partition coefficient (Wildman–Crippen LogP) is 7.45. The van der Waals surface area contributed by atoms with E-state index in [0.717, 1.165) is 32.4 Å². The summed E-state index contributed by atoms with van der Waals surface area (Å²) in [5.41, 5.74) is 3.55. The number of carbonyl (C=O) groups excluding carboxylic acids is 1. The number of nitrogens with one attached hydrogen (secondary N) is 3. The molecule has 1 unspecified atom stereocenters. The van der Waals surface area contributed by atoms with E-state index in [9.17, 15) is 4.79 Å². The van der Waals surface area contributed by atoms with Crippen molar-refractivity contribution in [3.63, 3.8) is 0 Å². The smallest absolute Gasteiger partial charge is 0.239 e. The van der Waals surface area contributed by atoms with Crippen LogP contribution in [0.5, 0.6) is 5.75 Å². The van der Waals surface area contributed by atoms with Crippen molar-refractivity contribution in [2.45, 2.75) is 30.4 Å². The van der Waals surface area contributed by atoms with Crippen LogP contribution in [0, 0.1) is 6.92 Å². The van der Waals surface area contributed by atoms with Crippen molar-refractivity contribution >= 4 is 62.8 Å². The third-order valence-electron chi connectivity index (χ3n) is 5.46. The van der Waals surface area contributed by atoms with Gasteiger partial charge in [-0.3, -0.25) is 4.79 Å². The molecule has 4 rings (SSSR count). The zero-order valence-corrected chi connectivity index (χ0v) is 23.2. The minimum Gasteiger partial charge on any atom is -0.495 e. The molecule has 0 bridgehead atoms. The van der Waals surface area contributed by atoms with E-state index in [2.05, 4.69) is 20.9 Å². The van der Waals surface area contributed by atoms with Crippen molar-refractivity contribution in [2.75, 3.05) is 23.1 Å². The highest BCUT2D eigenvalue weighted by Gasteiger charge is 2.20. The first-order valence-corrected chi connectivity index (χ1v) is 13.9. The molecule has 37 heavy (non-hydrogen) atoms. The minimum absolute atomic E-state index is 0.0624. The number of anilines is 3. The lowest BCUT2D eigenvalue weighted by Gasteiger charge is -2.16. The highest BCUT2D eigenvalue weighted by Crippen LogP contribution is 2.32. The summed E-state index contributed by atoms with van der Waals surface area (Å²) < 4.78 is 5.37. The highest BCUT2D eigenvalue weighted by molar-refractivity contribution is 8.00. The van der Waals surface area contributed by atoms with Crippen molar-refractivity contribution in [1.29, 1.82) is 0 Å². The van der Waals surface area contributed by atoms with Gasteiger partial charge in [0.05, 0.1) is 23.7 Å². The van der Waals surface area contributed by atoms with E-state index in [1.807, 2.05) is 92.7 Å². The van der Waals surface area contributed by atoms with Crippen molar-refractivity contribution in [2.24, 2.45) is 0 Å². The predicted molar refractivity (Wildman–Crippen MR) is 160 cm³/mol. The average Bonchev–Trinajstić information content (AvgIpc) is 3.27. The molecule has 0 spiro atoms. The summed E-state index contributed by atoms with van der Waals surface area (Å²) in [4.78, 5) is 19.8. The van der Waals surface area contributed by atoms with Crippen LogP contribution >= 0.6 is 35.3 Å². The standard InChI is InChI=1S/C28H28N4O2S3/c1-4-24(26(33)32-28-31-25(18(2)36-28)19-11-6-5-7-12-19)37-21-14-10-13-20(17-21)29-27(35)30-22-15-8-9-16-23(22)34-3/h5-17,24H,4H2,1-3H3,(H2,29,30,35)(H,31,32,33). The van der Waals surface area contributed by atoms with Crippen LogP contribution in [0.4, 0.5) is 16.5 Å². The number of methoxy groups -OCH3 is 1. The highest BCUT2D eigenvalue weighted by atomic mass is 32.2. The lowest BCUT2D eigenvalue weighted by Crippen LogP contribution is -2.24. The number of thiazole rings is 1. The fourth-order valence-electron chi connectivity index (χ4n) is 3.67. The number of aromatic nitrogens is 1. The van der Waals surface area contributed by atoms with Crippen molar-refractivity contribution < 1.29 is 9.53 Å². The van der Waals surface area contributed by atoms with E-state index >= 15 is 0 Å². The number of thioether (sulfide) groups is 1. The van der Waals surface area contributed by atoms with Gasteiger partial charge in [0.2, 0.25) is 5.91 Å². The van der Waals surface area contributed by atoms with E-state index in [-0.39, 0.29) is 11.2 Å². The summed E-state index contributed by atoms with van der Waals surface area (Å²) in [6.07, 6.45) is 0.678. The maximum Gasteiger partial charge on any atom is 0.239 e. The molecular formula is C28H28N4O2S3. The van der Waals surface area contributed by atoms with Gasteiger partial charge in [-0.1, -0.05) is 55.5 Å². The number of benzene rings is 3. The summed E-state index contributed by atoms with van der Waals surface area (Å²) in [5, 5.41) is 10.2. The monoisotopic (exact) mass is 548 g/mol. The molecule has 0 radical (unpaired) electrons. The van der Waals surface area contributed by atoms with Crippen LogP contribution in [0.1, 0.15) is 18.2 Å². The van der Waals surface area contributed by atoms with Crippen molar-refractivity contribution in [1.82, 2.24) is 4.98 Å². The molecule has 9 heteroatoms. The van der Waals surface area contributed by atoms with Crippen LogP contribution < -0.4 is 20.7 Å². The van der Waals surface area contributed by atoms with Crippen LogP contribution in [-0.4, -0.2) is 28.4 Å². The van der Waals surface area contributed by atoms with Gasteiger partial charge >= 0.3 is 0 Å². The van der Waals surface area contributed by atoms with Crippen LogP contribution in [0.3, 0.4) is 0 Å². The second kappa shape index (κ2) is 12.7. The maximum atomic E-state index is 13.1. The SMILES string of the molecule is CCC(Sc1cccc(NC(=S)Nc2ccccc2OC)c1)C(=O)Nc1nc(-c2ccccc2)c(C)s1. The Labute approximate surface area is 230 Å². The normalized spacial score (nSPS) is 11.4. The number of hydrogen-bond acceptors (Lipinski definition) is 6. The molecule has 3 aromatic carbocycles. The number of rotatable bonds is 9. The molecule has 190 valence electrons. The Balaban J connectivity index is 1.39. The molecule has 3 N–H and O–H groups in total. The van der Waals surface area contributed by atoms with Crippen LogP contribution in [0.15, 0.2) is 83.8 Å². The zero-order chi connectivity index (χ0) is 26.2.